The fourth-order valence-corrected chi connectivity index (χ4v) is 5.54. The van der Waals surface area contributed by atoms with Crippen LogP contribution in [0.3, 0.4) is 0 Å². The van der Waals surface area contributed by atoms with Crippen molar-refractivity contribution in [3.63, 3.8) is 0 Å². The smallest absolute Gasteiger partial charge is 0.254 e. The fraction of sp³-hybridized carbons (Fsp3) is 0.545. The monoisotopic (exact) mass is 487 g/mol. The SMILES string of the molecule is Cc1cc(NNC(=S)N[C@H]2CCc3sc(NC(=O)C4CC4)c(C(=O)NCC4CC4)c3C2)[nH]n1. The molecule has 0 bridgehead atoms. The molecule has 0 aromatic carbocycles. The Morgan fingerprint density at radius 1 is 1.24 bits per heavy atom. The zero-order chi connectivity index (χ0) is 22.9. The van der Waals surface area contributed by atoms with Gasteiger partial charge in [0.05, 0.1) is 11.3 Å². The van der Waals surface area contributed by atoms with Crippen molar-refractivity contribution >= 4 is 51.3 Å². The molecule has 5 rings (SSSR count). The van der Waals surface area contributed by atoms with Crippen LogP contribution in [0.25, 0.3) is 0 Å². The van der Waals surface area contributed by atoms with Gasteiger partial charge in [0.1, 0.15) is 10.8 Å². The zero-order valence-electron chi connectivity index (χ0n) is 18.5. The molecule has 33 heavy (non-hydrogen) atoms. The summed E-state index contributed by atoms with van der Waals surface area (Å²) >= 11 is 7.00. The summed E-state index contributed by atoms with van der Waals surface area (Å²) in [5.74, 6) is 1.37. The number of hydrogen-bond donors (Lipinski definition) is 6. The number of hydrogen-bond acceptors (Lipinski definition) is 6. The van der Waals surface area contributed by atoms with Crippen LogP contribution in [-0.2, 0) is 17.6 Å². The van der Waals surface area contributed by atoms with Crippen LogP contribution in [0.5, 0.6) is 0 Å². The molecule has 0 radical (unpaired) electrons. The lowest BCUT2D eigenvalue weighted by Gasteiger charge is -2.25. The summed E-state index contributed by atoms with van der Waals surface area (Å²) in [5.41, 5.74) is 8.53. The lowest BCUT2D eigenvalue weighted by Crippen LogP contribution is -2.46. The summed E-state index contributed by atoms with van der Waals surface area (Å²) in [6.07, 6.45) is 6.65. The van der Waals surface area contributed by atoms with Crippen LogP contribution in [0, 0.1) is 18.8 Å². The number of nitrogens with one attached hydrogen (secondary N) is 6. The van der Waals surface area contributed by atoms with Crippen molar-refractivity contribution in [2.75, 3.05) is 17.3 Å². The van der Waals surface area contributed by atoms with Crippen LogP contribution >= 0.6 is 23.6 Å². The van der Waals surface area contributed by atoms with Gasteiger partial charge in [-0.3, -0.25) is 25.5 Å². The molecule has 3 aliphatic rings. The lowest BCUT2D eigenvalue weighted by molar-refractivity contribution is -0.117. The number of thiocarbonyl (C=S) groups is 1. The minimum Gasteiger partial charge on any atom is -0.358 e. The van der Waals surface area contributed by atoms with Crippen molar-refractivity contribution in [1.29, 1.82) is 0 Å². The Morgan fingerprint density at radius 3 is 2.76 bits per heavy atom. The van der Waals surface area contributed by atoms with E-state index < -0.39 is 0 Å². The van der Waals surface area contributed by atoms with E-state index in [1.54, 1.807) is 11.3 Å². The first-order valence-corrected chi connectivity index (χ1v) is 12.8. The highest BCUT2D eigenvalue weighted by molar-refractivity contribution is 7.80. The summed E-state index contributed by atoms with van der Waals surface area (Å²) in [4.78, 5) is 26.8. The predicted molar refractivity (Wildman–Crippen MR) is 132 cm³/mol. The van der Waals surface area contributed by atoms with E-state index >= 15 is 0 Å². The maximum Gasteiger partial charge on any atom is 0.254 e. The lowest BCUT2D eigenvalue weighted by atomic mass is 9.91. The van der Waals surface area contributed by atoms with Gasteiger partial charge in [0.2, 0.25) is 5.91 Å². The topological polar surface area (TPSA) is 123 Å². The highest BCUT2D eigenvalue weighted by Gasteiger charge is 2.34. The van der Waals surface area contributed by atoms with Crippen molar-refractivity contribution in [3.8, 4) is 0 Å². The van der Waals surface area contributed by atoms with E-state index in [2.05, 4.69) is 37.0 Å². The van der Waals surface area contributed by atoms with Crippen LogP contribution in [0.2, 0.25) is 0 Å². The van der Waals surface area contributed by atoms with Crippen molar-refractivity contribution in [2.45, 2.75) is 57.9 Å². The fourth-order valence-electron chi connectivity index (χ4n) is 4.07. The molecule has 2 aromatic heterocycles. The number of hydrazine groups is 1. The molecule has 176 valence electrons. The number of aryl methyl sites for hydroxylation is 2. The Bertz CT molecular complexity index is 1070. The molecule has 9 nitrogen and oxygen atoms in total. The van der Waals surface area contributed by atoms with E-state index in [0.717, 1.165) is 42.8 Å². The third-order valence-electron chi connectivity index (χ3n) is 6.27. The molecule has 0 aliphatic heterocycles. The van der Waals surface area contributed by atoms with E-state index in [1.165, 1.54) is 17.7 Å². The maximum absolute atomic E-state index is 13.2. The van der Waals surface area contributed by atoms with E-state index in [1.807, 2.05) is 13.0 Å². The zero-order valence-corrected chi connectivity index (χ0v) is 20.2. The molecule has 1 atom stereocenters. The van der Waals surface area contributed by atoms with Gasteiger partial charge >= 0.3 is 0 Å². The molecule has 0 unspecified atom stereocenters. The van der Waals surface area contributed by atoms with Gasteiger partial charge in [0.15, 0.2) is 5.11 Å². The highest BCUT2D eigenvalue weighted by Crippen LogP contribution is 2.40. The molecule has 2 fully saturated rings. The molecule has 11 heteroatoms. The number of carbonyl (C=O) groups excluding carboxylic acids is 2. The van der Waals surface area contributed by atoms with E-state index in [0.29, 0.717) is 34.6 Å². The summed E-state index contributed by atoms with van der Waals surface area (Å²) in [6, 6.07) is 1.97. The summed E-state index contributed by atoms with van der Waals surface area (Å²) in [6.45, 7) is 2.60. The van der Waals surface area contributed by atoms with Crippen LogP contribution in [0.1, 0.15) is 58.6 Å². The number of amides is 2. The normalized spacial score (nSPS) is 19.4. The van der Waals surface area contributed by atoms with Gasteiger partial charge in [-0.05, 0) is 75.6 Å². The largest absolute Gasteiger partial charge is 0.358 e. The quantitative estimate of drug-likeness (QED) is 0.250. The second-order valence-corrected chi connectivity index (χ2v) is 10.7. The van der Waals surface area contributed by atoms with E-state index in [-0.39, 0.29) is 23.8 Å². The van der Waals surface area contributed by atoms with Crippen molar-refractivity contribution in [3.05, 3.63) is 27.8 Å². The number of H-pyrrole nitrogens is 1. The van der Waals surface area contributed by atoms with Crippen molar-refractivity contribution < 1.29 is 9.59 Å². The van der Waals surface area contributed by atoms with Crippen LogP contribution < -0.4 is 26.8 Å². The van der Waals surface area contributed by atoms with Gasteiger partial charge < -0.3 is 16.0 Å². The molecule has 2 saturated carbocycles. The maximum atomic E-state index is 13.2. The predicted octanol–water partition coefficient (Wildman–Crippen LogP) is 2.62. The Morgan fingerprint density at radius 2 is 2.06 bits per heavy atom. The highest BCUT2D eigenvalue weighted by atomic mass is 32.1. The third kappa shape index (κ3) is 5.47. The molecule has 0 saturated heterocycles. The van der Waals surface area contributed by atoms with Gasteiger partial charge in [-0.2, -0.15) is 5.10 Å². The number of fused-ring (bicyclic) bond motifs is 1. The molecule has 6 N–H and O–H groups in total. The number of thiophene rings is 1. The Balaban J connectivity index is 1.26. The average Bonchev–Trinajstić information content (AvgIpc) is 3.71. The van der Waals surface area contributed by atoms with Gasteiger partial charge in [-0.15, -0.1) is 11.3 Å². The van der Waals surface area contributed by atoms with E-state index in [4.69, 9.17) is 12.2 Å². The third-order valence-corrected chi connectivity index (χ3v) is 7.70. The Hall–Kier alpha value is -2.66. The Kier molecular flexibility index (Phi) is 6.24. The minimum absolute atomic E-state index is 0.0324. The van der Waals surface area contributed by atoms with Gasteiger partial charge in [-0.25, -0.2) is 0 Å². The van der Waals surface area contributed by atoms with Crippen LogP contribution in [0.15, 0.2) is 6.07 Å². The van der Waals surface area contributed by atoms with Crippen LogP contribution in [0.4, 0.5) is 10.8 Å². The molecule has 2 amide bonds. The number of aromatic amines is 1. The Labute approximate surface area is 201 Å². The summed E-state index contributed by atoms with van der Waals surface area (Å²) < 4.78 is 0. The molecule has 2 aromatic rings. The van der Waals surface area contributed by atoms with Crippen LogP contribution in [-0.4, -0.2) is 39.7 Å². The van der Waals surface area contributed by atoms with Gasteiger partial charge in [-0.1, -0.05) is 0 Å². The number of anilines is 2. The molecule has 2 heterocycles. The second kappa shape index (κ2) is 9.30. The minimum atomic E-state index is -0.0804. The number of carbonyl (C=O) groups is 2. The molecule has 0 spiro atoms. The standard InChI is InChI=1S/C22H29N7O2S2/c1-11-8-17(27-26-11)28-29-22(32)24-14-6-7-16-15(9-14)18(20(31)23-10-12-2-3-12)21(33-16)25-19(30)13-4-5-13/h8,12-14H,2-7,9-10H2,1H3,(H,23,31)(H,25,30)(H2,24,29,32)(H2,26,27,28)/t14-/m0/s1. The summed E-state index contributed by atoms with van der Waals surface area (Å²) in [5, 5.41) is 17.6. The number of nitrogens with zero attached hydrogens (tertiary/aromatic N) is 1. The number of rotatable bonds is 8. The van der Waals surface area contributed by atoms with Gasteiger partial charge in [0.25, 0.3) is 5.91 Å². The number of aromatic nitrogens is 2. The van der Waals surface area contributed by atoms with Crippen molar-refractivity contribution in [2.24, 2.45) is 11.8 Å². The second-order valence-electron chi connectivity index (χ2n) is 9.21. The average molecular weight is 488 g/mol. The summed E-state index contributed by atoms with van der Waals surface area (Å²) in [7, 11) is 0. The molecule has 3 aliphatic carbocycles. The van der Waals surface area contributed by atoms with Crippen molar-refractivity contribution in [1.82, 2.24) is 26.3 Å². The first-order chi connectivity index (χ1) is 16.0. The first-order valence-electron chi connectivity index (χ1n) is 11.5. The first kappa shape index (κ1) is 22.1. The molecular formula is C22H29N7O2S2. The molecular weight excluding hydrogens is 458 g/mol. The van der Waals surface area contributed by atoms with Gasteiger partial charge in [0, 0.05) is 29.4 Å². The van der Waals surface area contributed by atoms with E-state index in [9.17, 15) is 9.59 Å².